The van der Waals surface area contributed by atoms with E-state index in [1.165, 1.54) is 0 Å². The number of fused-ring (bicyclic) bond motifs is 1. The van der Waals surface area contributed by atoms with E-state index in [2.05, 4.69) is 41.8 Å². The van der Waals surface area contributed by atoms with Gasteiger partial charge in [0.1, 0.15) is 11.3 Å². The van der Waals surface area contributed by atoms with Crippen LogP contribution in [0.2, 0.25) is 0 Å². The van der Waals surface area contributed by atoms with Crippen molar-refractivity contribution in [1.82, 2.24) is 9.97 Å². The van der Waals surface area contributed by atoms with E-state index in [4.69, 9.17) is 4.74 Å². The van der Waals surface area contributed by atoms with E-state index in [1.54, 1.807) is 12.4 Å². The Morgan fingerprint density at radius 3 is 2.63 bits per heavy atom. The molecule has 5 heteroatoms. The van der Waals surface area contributed by atoms with Gasteiger partial charge in [-0.15, -0.1) is 0 Å². The highest BCUT2D eigenvalue weighted by atomic mass is 79.9. The van der Waals surface area contributed by atoms with E-state index in [9.17, 15) is 0 Å². The van der Waals surface area contributed by atoms with Crippen LogP contribution in [-0.4, -0.2) is 9.97 Å². The van der Waals surface area contributed by atoms with Gasteiger partial charge in [-0.05, 0) is 50.1 Å². The molecule has 0 saturated carbocycles. The highest BCUT2D eigenvalue weighted by molar-refractivity contribution is 9.10. The summed E-state index contributed by atoms with van der Waals surface area (Å²) in [5.41, 5.74) is 1.53. The zero-order valence-electron chi connectivity index (χ0n) is 9.68. The standard InChI is InChI=1S/C14H8Br2N2O/c15-9-7-11-14(18-8-9)13(5-6-17-11)19-12-4-2-1-3-10(12)16/h1-8H. The molecule has 1 aromatic carbocycles. The van der Waals surface area contributed by atoms with Gasteiger partial charge in [-0.1, -0.05) is 12.1 Å². The van der Waals surface area contributed by atoms with Crippen LogP contribution in [0.25, 0.3) is 11.0 Å². The minimum atomic E-state index is 0.685. The second kappa shape index (κ2) is 5.27. The zero-order chi connectivity index (χ0) is 13.2. The van der Waals surface area contributed by atoms with Gasteiger partial charge in [-0.3, -0.25) is 4.98 Å². The van der Waals surface area contributed by atoms with Gasteiger partial charge >= 0.3 is 0 Å². The van der Waals surface area contributed by atoms with E-state index in [0.717, 1.165) is 25.7 Å². The van der Waals surface area contributed by atoms with Crippen LogP contribution < -0.4 is 4.74 Å². The van der Waals surface area contributed by atoms with Crippen LogP contribution in [0, 0.1) is 0 Å². The van der Waals surface area contributed by atoms with E-state index < -0.39 is 0 Å². The summed E-state index contributed by atoms with van der Waals surface area (Å²) in [5, 5.41) is 0. The summed E-state index contributed by atoms with van der Waals surface area (Å²) >= 11 is 6.85. The molecule has 0 radical (unpaired) electrons. The molecule has 0 aliphatic carbocycles. The van der Waals surface area contributed by atoms with Crippen LogP contribution in [0.1, 0.15) is 0 Å². The largest absolute Gasteiger partial charge is 0.454 e. The molecule has 3 rings (SSSR count). The molecule has 0 aliphatic heterocycles. The Morgan fingerprint density at radius 1 is 0.947 bits per heavy atom. The Labute approximate surface area is 126 Å². The van der Waals surface area contributed by atoms with Gasteiger partial charge in [-0.2, -0.15) is 0 Å². The average Bonchev–Trinajstić information content (AvgIpc) is 2.41. The minimum Gasteiger partial charge on any atom is -0.454 e. The number of para-hydroxylation sites is 1. The van der Waals surface area contributed by atoms with Crippen LogP contribution in [0.15, 0.2) is 57.7 Å². The molecule has 3 nitrogen and oxygen atoms in total. The van der Waals surface area contributed by atoms with Gasteiger partial charge in [0, 0.05) is 22.9 Å². The Kier molecular flexibility index (Phi) is 3.48. The number of halogens is 2. The van der Waals surface area contributed by atoms with Gasteiger partial charge in [0.2, 0.25) is 0 Å². The third kappa shape index (κ3) is 2.62. The topological polar surface area (TPSA) is 35.0 Å². The Bertz CT molecular complexity index is 746. The Morgan fingerprint density at radius 2 is 1.79 bits per heavy atom. The molecule has 2 aromatic heterocycles. The number of hydrogen-bond donors (Lipinski definition) is 0. The van der Waals surface area contributed by atoms with Gasteiger partial charge in [-0.25, -0.2) is 4.98 Å². The third-order valence-corrected chi connectivity index (χ3v) is 3.65. The highest BCUT2D eigenvalue weighted by Crippen LogP contribution is 2.32. The molecule has 0 fully saturated rings. The Balaban J connectivity index is 2.09. The summed E-state index contributed by atoms with van der Waals surface area (Å²) in [4.78, 5) is 8.64. The fourth-order valence-corrected chi connectivity index (χ4v) is 2.39. The van der Waals surface area contributed by atoms with Crippen molar-refractivity contribution in [3.63, 3.8) is 0 Å². The van der Waals surface area contributed by atoms with Crippen LogP contribution in [0.5, 0.6) is 11.5 Å². The molecular formula is C14H8Br2N2O. The van der Waals surface area contributed by atoms with Gasteiger partial charge in [0.25, 0.3) is 0 Å². The second-order valence-corrected chi connectivity index (χ2v) is 5.63. The van der Waals surface area contributed by atoms with Crippen molar-refractivity contribution >= 4 is 42.9 Å². The van der Waals surface area contributed by atoms with Gasteiger partial charge < -0.3 is 4.74 Å². The lowest BCUT2D eigenvalue weighted by molar-refractivity contribution is 0.483. The lowest BCUT2D eigenvalue weighted by atomic mass is 10.3. The fourth-order valence-electron chi connectivity index (χ4n) is 1.71. The molecule has 94 valence electrons. The molecule has 0 bridgehead atoms. The van der Waals surface area contributed by atoms with Crippen LogP contribution in [0.3, 0.4) is 0 Å². The predicted octanol–water partition coefficient (Wildman–Crippen LogP) is 4.95. The highest BCUT2D eigenvalue weighted by Gasteiger charge is 2.08. The number of benzene rings is 1. The average molecular weight is 380 g/mol. The number of aromatic nitrogens is 2. The van der Waals surface area contributed by atoms with Gasteiger partial charge in [0.15, 0.2) is 5.75 Å². The van der Waals surface area contributed by atoms with E-state index in [1.807, 2.05) is 36.4 Å². The third-order valence-electron chi connectivity index (χ3n) is 2.56. The minimum absolute atomic E-state index is 0.685. The fraction of sp³-hybridized carbons (Fsp3) is 0. The number of pyridine rings is 2. The first-order valence-corrected chi connectivity index (χ1v) is 7.15. The normalized spacial score (nSPS) is 10.6. The molecule has 19 heavy (non-hydrogen) atoms. The van der Waals surface area contributed by atoms with Crippen LogP contribution in [0.4, 0.5) is 0 Å². The molecule has 0 saturated heterocycles. The first kappa shape index (κ1) is 12.6. The monoisotopic (exact) mass is 378 g/mol. The molecule has 0 N–H and O–H groups in total. The lowest BCUT2D eigenvalue weighted by Crippen LogP contribution is -1.90. The first-order chi connectivity index (χ1) is 9.24. The van der Waals surface area contributed by atoms with Crippen molar-refractivity contribution in [2.24, 2.45) is 0 Å². The number of ether oxygens (including phenoxy) is 1. The maximum absolute atomic E-state index is 5.90. The quantitative estimate of drug-likeness (QED) is 0.632. The van der Waals surface area contributed by atoms with Crippen molar-refractivity contribution < 1.29 is 4.74 Å². The van der Waals surface area contributed by atoms with Crippen molar-refractivity contribution in [2.45, 2.75) is 0 Å². The summed E-state index contributed by atoms with van der Waals surface area (Å²) in [6.07, 6.45) is 3.44. The smallest absolute Gasteiger partial charge is 0.156 e. The molecule has 2 heterocycles. The molecule has 0 aliphatic rings. The molecule has 0 spiro atoms. The zero-order valence-corrected chi connectivity index (χ0v) is 12.8. The van der Waals surface area contributed by atoms with Crippen LogP contribution in [-0.2, 0) is 0 Å². The summed E-state index contributed by atoms with van der Waals surface area (Å²) in [6.45, 7) is 0. The summed E-state index contributed by atoms with van der Waals surface area (Å²) in [5.74, 6) is 1.43. The molecule has 0 unspecified atom stereocenters. The van der Waals surface area contributed by atoms with E-state index in [-0.39, 0.29) is 0 Å². The van der Waals surface area contributed by atoms with Gasteiger partial charge in [0.05, 0.1) is 9.99 Å². The van der Waals surface area contributed by atoms with Crippen molar-refractivity contribution in [3.05, 3.63) is 57.7 Å². The van der Waals surface area contributed by atoms with Crippen LogP contribution >= 0.6 is 31.9 Å². The van der Waals surface area contributed by atoms with Crippen molar-refractivity contribution in [1.29, 1.82) is 0 Å². The Hall–Kier alpha value is -1.46. The van der Waals surface area contributed by atoms with E-state index in [0.29, 0.717) is 5.75 Å². The SMILES string of the molecule is Brc1cnc2c(Oc3ccccc3Br)ccnc2c1. The second-order valence-electron chi connectivity index (χ2n) is 3.86. The molecule has 0 atom stereocenters. The number of rotatable bonds is 2. The maximum Gasteiger partial charge on any atom is 0.156 e. The molecule has 3 aromatic rings. The molecule has 0 amide bonds. The van der Waals surface area contributed by atoms with E-state index >= 15 is 0 Å². The maximum atomic E-state index is 5.90. The number of nitrogens with zero attached hydrogens (tertiary/aromatic N) is 2. The van der Waals surface area contributed by atoms with Crippen molar-refractivity contribution in [3.8, 4) is 11.5 Å². The summed E-state index contributed by atoms with van der Waals surface area (Å²) < 4.78 is 7.69. The molecular weight excluding hydrogens is 372 g/mol. The lowest BCUT2D eigenvalue weighted by Gasteiger charge is -2.09. The summed E-state index contributed by atoms with van der Waals surface area (Å²) in [6, 6.07) is 11.4. The number of hydrogen-bond acceptors (Lipinski definition) is 3. The van der Waals surface area contributed by atoms with Crippen molar-refractivity contribution in [2.75, 3.05) is 0 Å². The first-order valence-electron chi connectivity index (χ1n) is 5.57. The summed E-state index contributed by atoms with van der Waals surface area (Å²) in [7, 11) is 0. The predicted molar refractivity (Wildman–Crippen MR) is 81.5 cm³/mol.